The summed E-state index contributed by atoms with van der Waals surface area (Å²) >= 11 is 5.84. The number of hydrogen-bond donors (Lipinski definition) is 1. The number of hydrogen-bond acceptors (Lipinski definition) is 4. The molecule has 0 fully saturated rings. The summed E-state index contributed by atoms with van der Waals surface area (Å²) in [4.78, 5) is 13.9. The van der Waals surface area contributed by atoms with Crippen molar-refractivity contribution in [1.82, 2.24) is 19.5 Å². The van der Waals surface area contributed by atoms with Crippen LogP contribution in [0.3, 0.4) is 0 Å². The molecule has 6 heteroatoms. The van der Waals surface area contributed by atoms with Gasteiger partial charge in [0.05, 0.1) is 11.3 Å². The Morgan fingerprint density at radius 2 is 1.70 bits per heavy atom. The molecule has 5 rings (SSSR count). The molecule has 0 radical (unpaired) electrons. The molecule has 2 N–H and O–H groups in total. The molecule has 3 heterocycles. The Balaban J connectivity index is 1.77. The highest BCUT2D eigenvalue weighted by Crippen LogP contribution is 2.31. The van der Waals surface area contributed by atoms with Gasteiger partial charge in [-0.2, -0.15) is 0 Å². The molecule has 0 bridgehead atoms. The van der Waals surface area contributed by atoms with Gasteiger partial charge in [-0.15, -0.1) is 11.6 Å². The number of benzene rings is 2. The molecule has 0 aliphatic rings. The number of alkyl halides is 1. The summed E-state index contributed by atoms with van der Waals surface area (Å²) < 4.78 is 17.4. The van der Waals surface area contributed by atoms with Crippen LogP contribution in [0.1, 0.15) is 8.30 Å². The molecular weight excluding hydrogens is 394 g/mol. The average molecular weight is 414 g/mol. The Morgan fingerprint density at radius 1 is 0.900 bits per heavy atom. The van der Waals surface area contributed by atoms with Crippen LogP contribution in [0.4, 0.5) is 5.82 Å². The van der Waals surface area contributed by atoms with Crippen molar-refractivity contribution in [1.29, 1.82) is 0 Å². The second kappa shape index (κ2) is 7.61. The van der Waals surface area contributed by atoms with Gasteiger partial charge in [0.2, 0.25) is 0 Å². The van der Waals surface area contributed by atoms with Crippen LogP contribution in [-0.4, -0.2) is 19.5 Å². The zero-order chi connectivity index (χ0) is 22.3. The predicted octanol–water partition coefficient (Wildman–Crippen LogP) is 5.47. The fourth-order valence-electron chi connectivity index (χ4n) is 3.43. The summed E-state index contributed by atoms with van der Waals surface area (Å²) in [5.74, 6) is -0.990. The number of rotatable bonds is 4. The quantitative estimate of drug-likeness (QED) is 0.396. The number of nitrogens with zero attached hydrogens (tertiary/aromatic N) is 4. The topological polar surface area (TPSA) is 69.6 Å². The number of anilines is 1. The van der Waals surface area contributed by atoms with Crippen LogP contribution in [0, 0.1) is 0 Å². The third-order valence-electron chi connectivity index (χ3n) is 4.89. The molecule has 0 atom stereocenters. The first-order valence-electron chi connectivity index (χ1n) is 10.4. The van der Waals surface area contributed by atoms with Crippen LogP contribution >= 0.6 is 11.6 Å². The van der Waals surface area contributed by atoms with Crippen LogP contribution in [0.15, 0.2) is 85.1 Å². The van der Waals surface area contributed by atoms with E-state index in [9.17, 15) is 0 Å². The Bertz CT molecular complexity index is 1410. The lowest BCUT2D eigenvalue weighted by atomic mass is 10.1. The van der Waals surface area contributed by atoms with E-state index in [1.165, 1.54) is 0 Å². The molecule has 0 saturated heterocycles. The number of aromatic nitrogens is 4. The number of nitrogen functional groups attached to an aromatic ring is 1. The maximum Gasteiger partial charge on any atom is 0.165 e. The van der Waals surface area contributed by atoms with E-state index in [2.05, 4.69) is 4.98 Å². The molecule has 5 nitrogen and oxygen atoms in total. The van der Waals surface area contributed by atoms with Gasteiger partial charge in [0.15, 0.2) is 11.5 Å². The smallest absolute Gasteiger partial charge is 0.165 e. The normalized spacial score (nSPS) is 12.6. The standard InChI is InChI=1S/C24H18ClN5/c25-15-16-8-10-18(11-9-16)30-23(19-7-4-14-27-22(19)26)29-21-13-12-20(28-24(21)30)17-5-2-1-3-6-17/h1-14H,15H2,(H2,26,27)/i15D2. The van der Waals surface area contributed by atoms with Crippen molar-refractivity contribution < 1.29 is 2.74 Å². The molecule has 30 heavy (non-hydrogen) atoms. The fourth-order valence-corrected chi connectivity index (χ4v) is 3.56. The lowest BCUT2D eigenvalue weighted by Crippen LogP contribution is -2.02. The zero-order valence-electron chi connectivity index (χ0n) is 17.8. The SMILES string of the molecule is [2H]C([2H])(Cl)c1ccc(-n2c(-c3cccnc3N)nc3ccc(-c4ccccc4)nc32)cc1. The van der Waals surface area contributed by atoms with Gasteiger partial charge in [0, 0.05) is 26.0 Å². The van der Waals surface area contributed by atoms with E-state index in [0.29, 0.717) is 33.9 Å². The highest BCUT2D eigenvalue weighted by Gasteiger charge is 2.18. The van der Waals surface area contributed by atoms with Gasteiger partial charge in [-0.05, 0) is 42.0 Å². The molecular formula is C24H18ClN5. The van der Waals surface area contributed by atoms with Crippen molar-refractivity contribution in [3.05, 3.63) is 90.6 Å². The van der Waals surface area contributed by atoms with Crippen molar-refractivity contribution >= 4 is 28.6 Å². The number of imidazole rings is 1. The average Bonchev–Trinajstić information content (AvgIpc) is 3.18. The summed E-state index contributed by atoms with van der Waals surface area (Å²) in [6.45, 7) is 0. The van der Waals surface area contributed by atoms with Gasteiger partial charge in [-0.25, -0.2) is 15.0 Å². The highest BCUT2D eigenvalue weighted by molar-refractivity contribution is 6.17. The first-order valence-corrected chi connectivity index (χ1v) is 9.75. The van der Waals surface area contributed by atoms with E-state index < -0.39 is 5.83 Å². The lowest BCUT2D eigenvalue weighted by Gasteiger charge is -2.11. The van der Waals surface area contributed by atoms with Gasteiger partial charge in [-0.3, -0.25) is 4.57 Å². The third kappa shape index (κ3) is 3.19. The summed E-state index contributed by atoms with van der Waals surface area (Å²) in [5.41, 5.74) is 11.2. The fraction of sp³-hybridized carbons (Fsp3) is 0.0417. The van der Waals surface area contributed by atoms with Crippen LogP contribution in [0.5, 0.6) is 0 Å². The minimum atomic E-state index is -1.95. The van der Waals surface area contributed by atoms with Crippen LogP contribution in [0.25, 0.3) is 39.5 Å². The van der Waals surface area contributed by atoms with Gasteiger partial charge in [0.25, 0.3) is 0 Å². The van der Waals surface area contributed by atoms with E-state index in [4.69, 9.17) is 30.0 Å². The van der Waals surface area contributed by atoms with Crippen LogP contribution in [0.2, 0.25) is 0 Å². The molecule has 0 amide bonds. The Labute approximate surface area is 181 Å². The second-order valence-electron chi connectivity index (χ2n) is 6.75. The molecule has 0 spiro atoms. The van der Waals surface area contributed by atoms with E-state index in [1.807, 2.05) is 59.2 Å². The molecule has 2 aromatic carbocycles. The maximum atomic E-state index is 7.75. The van der Waals surface area contributed by atoms with E-state index in [1.54, 1.807) is 30.5 Å². The molecule has 146 valence electrons. The van der Waals surface area contributed by atoms with Crippen molar-refractivity contribution in [3.63, 3.8) is 0 Å². The first kappa shape index (κ1) is 16.1. The van der Waals surface area contributed by atoms with E-state index in [-0.39, 0.29) is 0 Å². The molecule has 5 aromatic rings. The summed E-state index contributed by atoms with van der Waals surface area (Å²) in [6, 6.07) is 24.4. The predicted molar refractivity (Wildman–Crippen MR) is 122 cm³/mol. The molecule has 0 saturated carbocycles. The zero-order valence-corrected chi connectivity index (χ0v) is 16.6. The maximum absolute atomic E-state index is 7.75. The van der Waals surface area contributed by atoms with Crippen molar-refractivity contribution in [2.24, 2.45) is 0 Å². The number of halogens is 1. The largest absolute Gasteiger partial charge is 0.383 e. The first-order chi connectivity index (χ1) is 15.4. The Hall–Kier alpha value is -3.70. The van der Waals surface area contributed by atoms with Crippen molar-refractivity contribution in [2.45, 2.75) is 5.83 Å². The van der Waals surface area contributed by atoms with Gasteiger partial charge < -0.3 is 5.73 Å². The van der Waals surface area contributed by atoms with Crippen molar-refractivity contribution in [3.8, 4) is 28.3 Å². The Kier molecular flexibility index (Phi) is 4.09. The third-order valence-corrected chi connectivity index (χ3v) is 5.11. The lowest BCUT2D eigenvalue weighted by molar-refractivity contribution is 1.07. The highest BCUT2D eigenvalue weighted by atomic mass is 35.5. The minimum Gasteiger partial charge on any atom is -0.383 e. The second-order valence-corrected chi connectivity index (χ2v) is 6.94. The summed E-state index contributed by atoms with van der Waals surface area (Å²) in [7, 11) is 0. The number of fused-ring (bicyclic) bond motifs is 1. The van der Waals surface area contributed by atoms with Gasteiger partial charge in [-0.1, -0.05) is 42.5 Å². The van der Waals surface area contributed by atoms with E-state index in [0.717, 1.165) is 16.9 Å². The summed E-state index contributed by atoms with van der Waals surface area (Å²) in [6.07, 6.45) is 1.63. The monoisotopic (exact) mass is 413 g/mol. The molecule has 0 aliphatic heterocycles. The molecule has 0 unspecified atom stereocenters. The number of nitrogens with two attached hydrogens (primary N) is 1. The van der Waals surface area contributed by atoms with Gasteiger partial charge in [0.1, 0.15) is 11.3 Å². The van der Waals surface area contributed by atoms with Gasteiger partial charge >= 0.3 is 0 Å². The summed E-state index contributed by atoms with van der Waals surface area (Å²) in [5, 5.41) is 0. The Morgan fingerprint density at radius 3 is 2.43 bits per heavy atom. The molecule has 3 aromatic heterocycles. The molecule has 0 aliphatic carbocycles. The van der Waals surface area contributed by atoms with E-state index >= 15 is 0 Å². The van der Waals surface area contributed by atoms with Crippen LogP contribution in [-0.2, 0) is 5.83 Å². The minimum absolute atomic E-state index is 0.362. The van der Waals surface area contributed by atoms with Crippen molar-refractivity contribution in [2.75, 3.05) is 5.73 Å². The number of pyridine rings is 2. The van der Waals surface area contributed by atoms with Crippen LogP contribution < -0.4 is 5.73 Å².